The number of carbonyl (C=O) groups excluding carboxylic acids is 2. The lowest BCUT2D eigenvalue weighted by molar-refractivity contribution is -0.116. The number of hydrogen-bond donors (Lipinski definition) is 2. The average Bonchev–Trinajstić information content (AvgIpc) is 3.50. The number of carbonyl (C=O) groups is 2. The summed E-state index contributed by atoms with van der Waals surface area (Å²) in [7, 11) is 0. The van der Waals surface area contributed by atoms with Gasteiger partial charge in [-0.1, -0.05) is 18.2 Å². The molecule has 0 spiro atoms. The fourth-order valence-corrected chi connectivity index (χ4v) is 5.48. The number of nitriles is 1. The van der Waals surface area contributed by atoms with Crippen molar-refractivity contribution in [3.8, 4) is 11.8 Å². The Morgan fingerprint density at radius 3 is 2.97 bits per heavy atom. The highest BCUT2D eigenvalue weighted by Crippen LogP contribution is 2.38. The highest BCUT2D eigenvalue weighted by Gasteiger charge is 2.28. The number of thiophene rings is 1. The molecule has 4 rings (SSSR count). The van der Waals surface area contributed by atoms with Gasteiger partial charge in [0.05, 0.1) is 18.5 Å². The quantitative estimate of drug-likeness (QED) is 0.427. The van der Waals surface area contributed by atoms with Crippen LogP contribution in [0, 0.1) is 11.3 Å². The van der Waals surface area contributed by atoms with Crippen LogP contribution in [-0.2, 0) is 35.3 Å². The number of alkyl carbamates (subject to hydrolysis) is 1. The van der Waals surface area contributed by atoms with Crippen molar-refractivity contribution in [1.29, 1.82) is 5.26 Å². The number of nitrogens with one attached hydrogen (secondary N) is 2. The lowest BCUT2D eigenvalue weighted by Crippen LogP contribution is -2.33. The lowest BCUT2D eigenvalue weighted by Gasteiger charge is -2.22. The predicted molar refractivity (Wildman–Crippen MR) is 136 cm³/mol. The van der Waals surface area contributed by atoms with E-state index in [-0.39, 0.29) is 18.4 Å². The van der Waals surface area contributed by atoms with Crippen LogP contribution in [0.1, 0.15) is 41.3 Å². The van der Waals surface area contributed by atoms with Crippen LogP contribution in [0.25, 0.3) is 0 Å². The highest BCUT2D eigenvalue weighted by molar-refractivity contribution is 7.16. The van der Waals surface area contributed by atoms with Gasteiger partial charge in [0.25, 0.3) is 0 Å². The first-order valence-electron chi connectivity index (χ1n) is 12.0. The van der Waals surface area contributed by atoms with E-state index in [1.165, 1.54) is 11.3 Å². The summed E-state index contributed by atoms with van der Waals surface area (Å²) in [5, 5.41) is 16.0. The predicted octanol–water partition coefficient (Wildman–Crippen LogP) is 4.07. The normalized spacial score (nSPS) is 14.4. The van der Waals surface area contributed by atoms with E-state index >= 15 is 0 Å². The topological polar surface area (TPSA) is 118 Å². The molecule has 1 aliphatic rings. The van der Waals surface area contributed by atoms with E-state index in [1.54, 1.807) is 12.5 Å². The molecule has 2 aromatic heterocycles. The Hall–Kier alpha value is -3.84. The Kier molecular flexibility index (Phi) is 8.57. The minimum Gasteiger partial charge on any atom is -0.494 e. The smallest absolute Gasteiger partial charge is 0.407 e. The first-order valence-corrected chi connectivity index (χ1v) is 12.8. The summed E-state index contributed by atoms with van der Waals surface area (Å²) in [6.45, 7) is 3.54. The van der Waals surface area contributed by atoms with E-state index in [2.05, 4.69) is 21.7 Å². The van der Waals surface area contributed by atoms with Gasteiger partial charge in [0.2, 0.25) is 5.91 Å². The SMILES string of the molecule is CCOc1ccccc1CCC(=O)Nc1sc2c(c1C#N)CCC(OC(=O)NCCn1ccnc1)C2. The molecule has 1 aromatic carbocycles. The molecule has 36 heavy (non-hydrogen) atoms. The second-order valence-electron chi connectivity index (χ2n) is 8.41. The number of imidazole rings is 1. The Labute approximate surface area is 214 Å². The van der Waals surface area contributed by atoms with E-state index in [4.69, 9.17) is 9.47 Å². The zero-order valence-corrected chi connectivity index (χ0v) is 21.0. The van der Waals surface area contributed by atoms with E-state index < -0.39 is 6.09 Å². The van der Waals surface area contributed by atoms with Crippen molar-refractivity contribution in [2.24, 2.45) is 0 Å². The number of aromatic nitrogens is 2. The van der Waals surface area contributed by atoms with Crippen molar-refractivity contribution in [3.63, 3.8) is 0 Å². The van der Waals surface area contributed by atoms with Crippen molar-refractivity contribution >= 4 is 28.3 Å². The summed E-state index contributed by atoms with van der Waals surface area (Å²) in [6.07, 6.45) is 7.09. The monoisotopic (exact) mass is 507 g/mol. The molecule has 2 amide bonds. The third kappa shape index (κ3) is 6.43. The van der Waals surface area contributed by atoms with Gasteiger partial charge < -0.3 is 24.7 Å². The number of anilines is 1. The first-order chi connectivity index (χ1) is 17.6. The van der Waals surface area contributed by atoms with E-state index in [0.717, 1.165) is 21.8 Å². The van der Waals surface area contributed by atoms with Crippen LogP contribution < -0.4 is 15.4 Å². The number of aryl methyl sites for hydroxylation is 1. The minimum absolute atomic E-state index is 0.151. The Balaban J connectivity index is 1.30. The van der Waals surface area contributed by atoms with Crippen molar-refractivity contribution in [1.82, 2.24) is 14.9 Å². The summed E-state index contributed by atoms with van der Waals surface area (Å²) >= 11 is 1.39. The highest BCUT2D eigenvalue weighted by atomic mass is 32.1. The molecule has 2 N–H and O–H groups in total. The molecule has 0 bridgehead atoms. The molecule has 9 nitrogen and oxygen atoms in total. The number of ether oxygens (including phenoxy) is 2. The molecular weight excluding hydrogens is 478 g/mol. The van der Waals surface area contributed by atoms with Gasteiger partial charge >= 0.3 is 6.09 Å². The summed E-state index contributed by atoms with van der Waals surface area (Å²) < 4.78 is 13.1. The number of para-hydroxylation sites is 1. The summed E-state index contributed by atoms with van der Waals surface area (Å²) in [5.74, 6) is 0.635. The maximum atomic E-state index is 12.7. The molecule has 10 heteroatoms. The maximum Gasteiger partial charge on any atom is 0.407 e. The van der Waals surface area contributed by atoms with Crippen LogP contribution in [0.5, 0.6) is 5.75 Å². The molecule has 0 saturated carbocycles. The van der Waals surface area contributed by atoms with E-state index in [9.17, 15) is 14.9 Å². The van der Waals surface area contributed by atoms with Crippen LogP contribution in [0.3, 0.4) is 0 Å². The van der Waals surface area contributed by atoms with E-state index in [0.29, 0.717) is 55.9 Å². The zero-order valence-electron chi connectivity index (χ0n) is 20.2. The number of benzene rings is 1. The molecule has 0 fully saturated rings. The largest absolute Gasteiger partial charge is 0.494 e. The van der Waals surface area contributed by atoms with Gasteiger partial charge in [-0.15, -0.1) is 11.3 Å². The Morgan fingerprint density at radius 2 is 2.19 bits per heavy atom. The molecule has 1 unspecified atom stereocenters. The van der Waals surface area contributed by atoms with Gasteiger partial charge in [-0.2, -0.15) is 5.26 Å². The second kappa shape index (κ2) is 12.2. The second-order valence-corrected chi connectivity index (χ2v) is 9.51. The Morgan fingerprint density at radius 1 is 1.33 bits per heavy atom. The van der Waals surface area contributed by atoms with Gasteiger partial charge in [-0.3, -0.25) is 4.79 Å². The Bertz CT molecular complexity index is 1230. The van der Waals surface area contributed by atoms with Crippen LogP contribution in [0.4, 0.5) is 9.80 Å². The first kappa shape index (κ1) is 25.3. The lowest BCUT2D eigenvalue weighted by atomic mass is 9.94. The van der Waals surface area contributed by atoms with Gasteiger partial charge in [0.15, 0.2) is 0 Å². The van der Waals surface area contributed by atoms with Crippen LogP contribution in [0.2, 0.25) is 0 Å². The van der Waals surface area contributed by atoms with E-state index in [1.807, 2.05) is 42.0 Å². The van der Waals surface area contributed by atoms with Gasteiger partial charge in [0, 0.05) is 43.2 Å². The van der Waals surface area contributed by atoms with Crippen molar-refractivity contribution in [2.45, 2.75) is 51.7 Å². The third-order valence-corrected chi connectivity index (χ3v) is 7.12. The number of amides is 2. The van der Waals surface area contributed by atoms with Crippen molar-refractivity contribution in [2.75, 3.05) is 18.5 Å². The average molecular weight is 508 g/mol. The minimum atomic E-state index is -0.457. The molecule has 1 aliphatic carbocycles. The summed E-state index contributed by atoms with van der Waals surface area (Å²) in [6, 6.07) is 9.94. The molecule has 0 aliphatic heterocycles. The van der Waals surface area contributed by atoms with Crippen molar-refractivity contribution in [3.05, 3.63) is 64.6 Å². The number of rotatable bonds is 10. The molecule has 3 aromatic rings. The molecule has 2 heterocycles. The maximum absolute atomic E-state index is 12.7. The molecular formula is C26H29N5O4S. The van der Waals surface area contributed by atoms with Gasteiger partial charge in [-0.05, 0) is 43.4 Å². The van der Waals surface area contributed by atoms with Crippen LogP contribution >= 0.6 is 11.3 Å². The van der Waals surface area contributed by atoms with Gasteiger partial charge in [-0.25, -0.2) is 9.78 Å². The standard InChI is InChI=1S/C26H29N5O4S/c1-2-34-22-6-4-3-5-18(22)7-10-24(32)30-25-21(16-27)20-9-8-19(15-23(20)36-25)35-26(33)29-12-14-31-13-11-28-17-31/h3-6,11,13,17,19H,2,7-10,12,14-15H2,1H3,(H,29,33)(H,30,32). The third-order valence-electron chi connectivity index (χ3n) is 5.95. The summed E-state index contributed by atoms with van der Waals surface area (Å²) in [4.78, 5) is 29.8. The number of hydrogen-bond acceptors (Lipinski definition) is 7. The van der Waals surface area contributed by atoms with Crippen LogP contribution in [0.15, 0.2) is 43.0 Å². The number of fused-ring (bicyclic) bond motifs is 1. The molecule has 188 valence electrons. The molecule has 1 atom stereocenters. The van der Waals surface area contributed by atoms with Crippen LogP contribution in [-0.4, -0.2) is 40.8 Å². The molecule has 0 saturated heterocycles. The van der Waals surface area contributed by atoms with Crippen molar-refractivity contribution < 1.29 is 19.1 Å². The fourth-order valence-electron chi connectivity index (χ4n) is 4.21. The fraction of sp³-hybridized carbons (Fsp3) is 0.385. The van der Waals surface area contributed by atoms with Gasteiger partial charge in [0.1, 0.15) is 22.9 Å². The number of nitrogens with zero attached hydrogens (tertiary/aromatic N) is 3. The zero-order chi connectivity index (χ0) is 25.3. The summed E-state index contributed by atoms with van der Waals surface area (Å²) in [5.41, 5.74) is 2.44. The molecule has 0 radical (unpaired) electrons.